The summed E-state index contributed by atoms with van der Waals surface area (Å²) in [6.45, 7) is 2.73. The molecule has 0 aliphatic carbocycles. The molecule has 0 aromatic rings. The third-order valence-electron chi connectivity index (χ3n) is 3.12. The third-order valence-corrected chi connectivity index (χ3v) is 4.31. The summed E-state index contributed by atoms with van der Waals surface area (Å²) in [5, 5.41) is 3.22. The van der Waals surface area contributed by atoms with Crippen molar-refractivity contribution >= 4 is 22.3 Å². The standard InChI is InChI=1S/C14H28N2O9S.Na/c1-10(7-24-13(17)15-3)22-6-5-12(26(19,20)21)9-23-11(2)8-25-14(18)16-4;/h10-12H,5-9H2,1-4H3,(H,15,17)(H,16,18)(H,19,20,21);/q;+1/p-1. The molecule has 0 bridgehead atoms. The van der Waals surface area contributed by atoms with Crippen LogP contribution in [0.25, 0.3) is 0 Å². The molecular formula is C14H27N2NaO9S. The average molecular weight is 422 g/mol. The molecule has 0 aliphatic rings. The zero-order valence-corrected chi connectivity index (χ0v) is 19.2. The third kappa shape index (κ3) is 15.0. The van der Waals surface area contributed by atoms with Gasteiger partial charge in [0.25, 0.3) is 0 Å². The largest absolute Gasteiger partial charge is 1.00 e. The fourth-order valence-electron chi connectivity index (χ4n) is 1.61. The summed E-state index contributed by atoms with van der Waals surface area (Å²) < 4.78 is 54.1. The molecule has 3 unspecified atom stereocenters. The fourth-order valence-corrected chi connectivity index (χ4v) is 2.24. The Morgan fingerprint density at radius 3 is 1.78 bits per heavy atom. The van der Waals surface area contributed by atoms with Crippen molar-refractivity contribution in [3.8, 4) is 0 Å². The molecule has 13 heteroatoms. The van der Waals surface area contributed by atoms with E-state index < -0.39 is 39.8 Å². The van der Waals surface area contributed by atoms with Crippen molar-refractivity contribution in [3.63, 3.8) is 0 Å². The summed E-state index contributed by atoms with van der Waals surface area (Å²) in [5.41, 5.74) is 0. The number of ether oxygens (including phenoxy) is 4. The number of hydrogen-bond acceptors (Lipinski definition) is 9. The van der Waals surface area contributed by atoms with Crippen LogP contribution in [0.2, 0.25) is 0 Å². The van der Waals surface area contributed by atoms with Gasteiger partial charge in [0.05, 0.1) is 34.2 Å². The molecule has 0 saturated heterocycles. The van der Waals surface area contributed by atoms with Gasteiger partial charge in [-0.05, 0) is 20.3 Å². The molecule has 0 rings (SSSR count). The maximum Gasteiger partial charge on any atom is 1.00 e. The molecule has 0 spiro atoms. The van der Waals surface area contributed by atoms with Gasteiger partial charge in [-0.25, -0.2) is 18.0 Å². The van der Waals surface area contributed by atoms with Crippen molar-refractivity contribution in [2.45, 2.75) is 37.7 Å². The first-order chi connectivity index (χ1) is 12.1. The molecule has 11 nitrogen and oxygen atoms in total. The van der Waals surface area contributed by atoms with Crippen molar-refractivity contribution in [1.82, 2.24) is 10.6 Å². The van der Waals surface area contributed by atoms with Gasteiger partial charge < -0.3 is 34.1 Å². The Balaban J connectivity index is 0. The molecular weight excluding hydrogens is 395 g/mol. The number of carbonyl (C=O) groups excluding carboxylic acids is 2. The molecule has 0 saturated carbocycles. The van der Waals surface area contributed by atoms with Crippen LogP contribution in [-0.4, -0.2) is 83.1 Å². The van der Waals surface area contributed by atoms with Gasteiger partial charge in [0.1, 0.15) is 13.2 Å². The Hall–Kier alpha value is -0.630. The van der Waals surface area contributed by atoms with E-state index in [0.29, 0.717) is 0 Å². The molecule has 2 amide bonds. The monoisotopic (exact) mass is 422 g/mol. The van der Waals surface area contributed by atoms with Crippen LogP contribution < -0.4 is 40.2 Å². The molecule has 27 heavy (non-hydrogen) atoms. The minimum Gasteiger partial charge on any atom is -0.748 e. The number of rotatable bonds is 12. The molecule has 3 atom stereocenters. The summed E-state index contributed by atoms with van der Waals surface area (Å²) in [5.74, 6) is 0. The van der Waals surface area contributed by atoms with Crippen LogP contribution in [0.15, 0.2) is 0 Å². The first kappa shape index (κ1) is 28.6. The number of nitrogens with one attached hydrogen (secondary N) is 2. The Labute approximate surface area is 181 Å². The molecule has 154 valence electrons. The topological polar surface area (TPSA) is 152 Å². The Bertz CT molecular complexity index is 533. The minimum atomic E-state index is -4.59. The number of amides is 2. The SMILES string of the molecule is CNC(=O)OCC(C)OCCC(COC(C)COC(=O)NC)S(=O)(=O)[O-].[Na+]. The van der Waals surface area contributed by atoms with Crippen LogP contribution in [0.4, 0.5) is 9.59 Å². The second-order valence-corrected chi connectivity index (χ2v) is 7.08. The van der Waals surface area contributed by atoms with Crippen molar-refractivity contribution in [2.75, 3.05) is 40.5 Å². The second kappa shape index (κ2) is 15.3. The molecule has 0 aliphatic heterocycles. The maximum absolute atomic E-state index is 11.3. The minimum absolute atomic E-state index is 0. The number of carbonyl (C=O) groups is 2. The van der Waals surface area contributed by atoms with E-state index in [1.807, 2.05) is 0 Å². The van der Waals surface area contributed by atoms with E-state index in [-0.39, 0.29) is 62.4 Å². The number of alkyl carbamates (subject to hydrolysis) is 2. The van der Waals surface area contributed by atoms with E-state index >= 15 is 0 Å². The van der Waals surface area contributed by atoms with Gasteiger partial charge in [-0.3, -0.25) is 0 Å². The van der Waals surface area contributed by atoms with Crippen LogP contribution in [-0.2, 0) is 29.1 Å². The quantitative estimate of drug-likeness (QED) is 0.245. The van der Waals surface area contributed by atoms with Gasteiger partial charge in [-0.1, -0.05) is 0 Å². The van der Waals surface area contributed by atoms with Gasteiger partial charge >= 0.3 is 41.7 Å². The first-order valence-electron chi connectivity index (χ1n) is 7.97. The summed E-state index contributed by atoms with van der Waals surface area (Å²) in [6, 6.07) is 0. The van der Waals surface area contributed by atoms with E-state index in [1.165, 1.54) is 14.1 Å². The molecule has 0 aromatic carbocycles. The van der Waals surface area contributed by atoms with E-state index in [4.69, 9.17) is 18.9 Å². The van der Waals surface area contributed by atoms with Crippen molar-refractivity contribution in [1.29, 1.82) is 0 Å². The van der Waals surface area contributed by atoms with Crippen molar-refractivity contribution < 1.29 is 71.1 Å². The molecule has 0 aromatic heterocycles. The van der Waals surface area contributed by atoms with E-state index in [2.05, 4.69) is 10.6 Å². The molecule has 0 radical (unpaired) electrons. The van der Waals surface area contributed by atoms with E-state index in [9.17, 15) is 22.6 Å². The molecule has 0 fully saturated rings. The van der Waals surface area contributed by atoms with E-state index in [1.54, 1.807) is 13.8 Å². The van der Waals surface area contributed by atoms with Crippen LogP contribution in [0, 0.1) is 0 Å². The smallest absolute Gasteiger partial charge is 0.748 e. The summed E-state index contributed by atoms with van der Waals surface area (Å²) in [7, 11) is -1.78. The number of hydrogen-bond donors (Lipinski definition) is 2. The summed E-state index contributed by atoms with van der Waals surface area (Å²) >= 11 is 0. The summed E-state index contributed by atoms with van der Waals surface area (Å²) in [6.07, 6.45) is -2.39. The predicted molar refractivity (Wildman–Crippen MR) is 89.7 cm³/mol. The van der Waals surface area contributed by atoms with Crippen molar-refractivity contribution in [3.05, 3.63) is 0 Å². The summed E-state index contributed by atoms with van der Waals surface area (Å²) in [4.78, 5) is 21.9. The Kier molecular flexibility index (Phi) is 16.2. The van der Waals surface area contributed by atoms with Crippen LogP contribution in [0.5, 0.6) is 0 Å². The predicted octanol–water partition coefficient (Wildman–Crippen LogP) is -3.18. The van der Waals surface area contributed by atoms with Crippen LogP contribution in [0.1, 0.15) is 20.3 Å². The van der Waals surface area contributed by atoms with E-state index in [0.717, 1.165) is 0 Å². The average Bonchev–Trinajstić information content (AvgIpc) is 2.58. The Morgan fingerprint density at radius 1 is 0.926 bits per heavy atom. The van der Waals surface area contributed by atoms with Gasteiger partial charge in [0.15, 0.2) is 0 Å². The van der Waals surface area contributed by atoms with Crippen molar-refractivity contribution in [2.24, 2.45) is 0 Å². The maximum atomic E-state index is 11.3. The first-order valence-corrected chi connectivity index (χ1v) is 9.44. The fraction of sp³-hybridized carbons (Fsp3) is 0.857. The van der Waals surface area contributed by atoms with Crippen LogP contribution >= 0.6 is 0 Å². The molecule has 0 heterocycles. The van der Waals surface area contributed by atoms with Gasteiger partial charge in [0, 0.05) is 20.7 Å². The molecule has 2 N–H and O–H groups in total. The van der Waals surface area contributed by atoms with Crippen LogP contribution in [0.3, 0.4) is 0 Å². The second-order valence-electron chi connectivity index (χ2n) is 5.43. The zero-order chi connectivity index (χ0) is 20.2. The van der Waals surface area contributed by atoms with Gasteiger partial charge in [-0.2, -0.15) is 0 Å². The normalized spacial score (nSPS) is 14.3. The van der Waals surface area contributed by atoms with Gasteiger partial charge in [0.2, 0.25) is 0 Å². The van der Waals surface area contributed by atoms with Gasteiger partial charge in [-0.15, -0.1) is 0 Å². The zero-order valence-electron chi connectivity index (χ0n) is 16.4. The Morgan fingerprint density at radius 2 is 1.37 bits per heavy atom.